The molecule has 11 heteroatoms. The first-order valence-corrected chi connectivity index (χ1v) is 5.60. The van der Waals surface area contributed by atoms with Gasteiger partial charge in [-0.2, -0.15) is 17.6 Å². The van der Waals surface area contributed by atoms with Crippen molar-refractivity contribution in [1.82, 2.24) is 0 Å². The van der Waals surface area contributed by atoms with E-state index >= 15 is 0 Å². The largest absolute Gasteiger partial charge is 1.00 e. The zero-order chi connectivity index (χ0) is 17.0. The average molecular weight is 361 g/mol. The Balaban J connectivity index is 0. The number of aliphatic carboxylic acids is 1. The molecule has 2 atom stereocenters. The van der Waals surface area contributed by atoms with Crippen molar-refractivity contribution in [1.29, 1.82) is 0 Å². The number of esters is 1. The SMILES string of the molecule is CC(C(=O)[O-])C(C)C(=O)OC[CH]C(F)(F)C(F)(F)C(F)F.[K+]. The molecular weight excluding hydrogens is 349 g/mol. The monoisotopic (exact) mass is 361 g/mol. The summed E-state index contributed by atoms with van der Waals surface area (Å²) < 4.78 is 78.3. The van der Waals surface area contributed by atoms with E-state index < -0.39 is 55.1 Å². The molecule has 0 saturated carbocycles. The second-order valence-corrected chi connectivity index (χ2v) is 4.28. The predicted octanol–water partition coefficient (Wildman–Crippen LogP) is -1.70. The Kier molecular flexibility index (Phi) is 10.5. The number of carbonyl (C=O) groups is 2. The van der Waals surface area contributed by atoms with Crippen molar-refractivity contribution in [3.63, 3.8) is 0 Å². The maximum absolute atomic E-state index is 12.8. The van der Waals surface area contributed by atoms with Gasteiger partial charge in [-0.3, -0.25) is 4.79 Å². The number of ether oxygens (including phenoxy) is 1. The summed E-state index contributed by atoms with van der Waals surface area (Å²) in [6.45, 7) is 0.803. The Morgan fingerprint density at radius 1 is 1.14 bits per heavy atom. The van der Waals surface area contributed by atoms with E-state index in [1.807, 2.05) is 0 Å². The molecule has 0 aromatic carbocycles. The number of carbonyl (C=O) groups excluding carboxylic acids is 2. The van der Waals surface area contributed by atoms with Gasteiger partial charge in [-0.15, -0.1) is 0 Å². The zero-order valence-corrected chi connectivity index (χ0v) is 15.0. The van der Waals surface area contributed by atoms with Crippen molar-refractivity contribution in [2.24, 2.45) is 11.8 Å². The van der Waals surface area contributed by atoms with Crippen LogP contribution in [-0.2, 0) is 14.3 Å². The van der Waals surface area contributed by atoms with E-state index in [1.54, 1.807) is 0 Å². The first kappa shape index (κ1) is 24.4. The van der Waals surface area contributed by atoms with Gasteiger partial charge in [0.1, 0.15) is 6.61 Å². The van der Waals surface area contributed by atoms with Crippen LogP contribution in [0, 0.1) is 18.3 Å². The minimum absolute atomic E-state index is 0. The molecule has 0 heterocycles. The molecule has 0 aromatic heterocycles. The molecule has 2 unspecified atom stereocenters. The van der Waals surface area contributed by atoms with Crippen LogP contribution in [0.4, 0.5) is 26.3 Å². The molecule has 0 fully saturated rings. The van der Waals surface area contributed by atoms with Gasteiger partial charge in [0.15, 0.2) is 0 Å². The van der Waals surface area contributed by atoms with Crippen LogP contribution in [-0.4, -0.2) is 36.8 Å². The van der Waals surface area contributed by atoms with E-state index in [9.17, 15) is 41.0 Å². The summed E-state index contributed by atoms with van der Waals surface area (Å²) in [6, 6.07) is 0. The summed E-state index contributed by atoms with van der Waals surface area (Å²) in [6.07, 6.45) is -5.18. The fraction of sp³-hybridized carbons (Fsp3) is 0.727. The third-order valence-corrected chi connectivity index (χ3v) is 2.78. The molecule has 0 aromatic rings. The maximum Gasteiger partial charge on any atom is 1.00 e. The van der Waals surface area contributed by atoms with Crippen LogP contribution < -0.4 is 56.5 Å². The molecule has 1 radical (unpaired) electrons. The topological polar surface area (TPSA) is 66.4 Å². The second kappa shape index (κ2) is 9.45. The summed E-state index contributed by atoms with van der Waals surface area (Å²) in [5.41, 5.74) is 0. The van der Waals surface area contributed by atoms with E-state index in [1.165, 1.54) is 0 Å². The van der Waals surface area contributed by atoms with Gasteiger partial charge >= 0.3 is 75.6 Å². The minimum Gasteiger partial charge on any atom is -0.550 e. The van der Waals surface area contributed by atoms with E-state index in [-0.39, 0.29) is 51.4 Å². The zero-order valence-electron chi connectivity index (χ0n) is 11.9. The molecule has 0 rings (SSSR count). The van der Waals surface area contributed by atoms with Crippen molar-refractivity contribution in [2.75, 3.05) is 6.61 Å². The smallest absolute Gasteiger partial charge is 0.550 e. The normalized spacial score (nSPS) is 15.0. The number of hydrogen-bond acceptors (Lipinski definition) is 4. The van der Waals surface area contributed by atoms with Crippen molar-refractivity contribution < 1.29 is 97.2 Å². The molecule has 4 nitrogen and oxygen atoms in total. The van der Waals surface area contributed by atoms with E-state index in [2.05, 4.69) is 4.74 Å². The molecule has 22 heavy (non-hydrogen) atoms. The Bertz CT molecular complexity index is 391. The summed E-state index contributed by atoms with van der Waals surface area (Å²) in [5.74, 6) is -16.3. The number of halogens is 6. The third-order valence-electron chi connectivity index (χ3n) is 2.78. The number of carboxylic acids is 1. The molecule has 0 saturated heterocycles. The van der Waals surface area contributed by atoms with Crippen LogP contribution in [0.5, 0.6) is 0 Å². The van der Waals surface area contributed by atoms with Crippen LogP contribution in [0.3, 0.4) is 0 Å². The fourth-order valence-corrected chi connectivity index (χ4v) is 1.05. The fourth-order valence-electron chi connectivity index (χ4n) is 1.05. The molecule has 0 N–H and O–H groups in total. The van der Waals surface area contributed by atoms with Crippen LogP contribution in [0.25, 0.3) is 0 Å². The van der Waals surface area contributed by atoms with Gasteiger partial charge in [0, 0.05) is 11.9 Å². The van der Waals surface area contributed by atoms with Gasteiger partial charge in [0.2, 0.25) is 0 Å². The second-order valence-electron chi connectivity index (χ2n) is 4.28. The molecule has 0 amide bonds. The van der Waals surface area contributed by atoms with Crippen molar-refractivity contribution in [2.45, 2.75) is 32.1 Å². The van der Waals surface area contributed by atoms with Gasteiger partial charge in [0.25, 0.3) is 0 Å². The van der Waals surface area contributed by atoms with Gasteiger partial charge in [-0.25, -0.2) is 8.78 Å². The van der Waals surface area contributed by atoms with Crippen molar-refractivity contribution in [3.8, 4) is 0 Å². The third kappa shape index (κ3) is 6.34. The minimum atomic E-state index is -5.61. The summed E-state index contributed by atoms with van der Waals surface area (Å²) in [7, 11) is 0. The number of hydrogen-bond donors (Lipinski definition) is 0. The molecule has 123 valence electrons. The summed E-state index contributed by atoms with van der Waals surface area (Å²) in [5, 5.41) is 10.5. The first-order chi connectivity index (χ1) is 9.34. The molecule has 0 spiro atoms. The Labute approximate surface area is 165 Å². The summed E-state index contributed by atoms with van der Waals surface area (Å²) >= 11 is 0. The quantitative estimate of drug-likeness (QED) is 0.294. The standard InChI is InChI=1S/C11H13F6O4.K/c1-5(7(18)19)6(2)8(20)21-4-3-10(14,15)11(16,17)9(12)13;/h3,5-6,9H,4H2,1-2H3,(H,18,19);/q;+1/p-1. The van der Waals surface area contributed by atoms with Crippen LogP contribution >= 0.6 is 0 Å². The van der Waals surface area contributed by atoms with Crippen LogP contribution in [0.2, 0.25) is 0 Å². The van der Waals surface area contributed by atoms with E-state index in [4.69, 9.17) is 0 Å². The number of rotatable bonds is 8. The van der Waals surface area contributed by atoms with Gasteiger partial charge in [0.05, 0.1) is 12.3 Å². The van der Waals surface area contributed by atoms with Crippen molar-refractivity contribution in [3.05, 3.63) is 6.42 Å². The van der Waals surface area contributed by atoms with Crippen LogP contribution in [0.15, 0.2) is 0 Å². The maximum atomic E-state index is 12.8. The number of carboxylic acid groups (broad SMARTS) is 1. The average Bonchev–Trinajstić information content (AvgIpc) is 2.35. The van der Waals surface area contributed by atoms with E-state index in [0.717, 1.165) is 13.8 Å². The molecular formula is C11H12F6KO4. The molecule has 0 bridgehead atoms. The molecule has 0 aliphatic carbocycles. The van der Waals surface area contributed by atoms with Gasteiger partial charge < -0.3 is 14.6 Å². The molecule has 0 aliphatic rings. The summed E-state index contributed by atoms with van der Waals surface area (Å²) in [4.78, 5) is 21.7. The Hall–Kier alpha value is 0.156. The first-order valence-electron chi connectivity index (χ1n) is 5.60. The van der Waals surface area contributed by atoms with Gasteiger partial charge in [-0.1, -0.05) is 13.8 Å². The van der Waals surface area contributed by atoms with Gasteiger partial charge in [-0.05, 0) is 0 Å². The Morgan fingerprint density at radius 2 is 1.59 bits per heavy atom. The van der Waals surface area contributed by atoms with E-state index in [0.29, 0.717) is 0 Å². The molecule has 0 aliphatic heterocycles. The van der Waals surface area contributed by atoms with Crippen molar-refractivity contribution >= 4 is 11.9 Å². The Morgan fingerprint density at radius 3 is 1.95 bits per heavy atom. The number of alkyl halides is 6. The predicted molar refractivity (Wildman–Crippen MR) is 54.5 cm³/mol. The van der Waals surface area contributed by atoms with Crippen LogP contribution in [0.1, 0.15) is 13.8 Å².